The lowest BCUT2D eigenvalue weighted by Crippen LogP contribution is -2.15. The monoisotopic (exact) mass is 474 g/mol. The molecule has 4 rings (SSSR count). The van der Waals surface area contributed by atoms with Crippen molar-refractivity contribution in [3.05, 3.63) is 88.3 Å². The molecule has 0 bridgehead atoms. The highest BCUT2D eigenvalue weighted by atomic mass is 16.5. The third-order valence-corrected chi connectivity index (χ3v) is 5.24. The molecule has 178 valence electrons. The molecule has 0 spiro atoms. The predicted molar refractivity (Wildman–Crippen MR) is 128 cm³/mol. The molecular formula is C27H22O8. The molecule has 0 atom stereocenters. The van der Waals surface area contributed by atoms with Gasteiger partial charge in [0.05, 0.1) is 31.8 Å². The topological polar surface area (TPSA) is 101 Å². The van der Waals surface area contributed by atoms with E-state index in [1.165, 1.54) is 32.4 Å². The Labute approximate surface area is 200 Å². The third kappa shape index (κ3) is 4.59. The van der Waals surface area contributed by atoms with E-state index in [4.69, 9.17) is 23.4 Å². The van der Waals surface area contributed by atoms with Crippen LogP contribution in [0, 0.1) is 0 Å². The highest BCUT2D eigenvalue weighted by molar-refractivity contribution is 5.99. The van der Waals surface area contributed by atoms with Crippen molar-refractivity contribution >= 4 is 22.9 Å². The molecule has 8 heteroatoms. The number of rotatable bonds is 7. The lowest BCUT2D eigenvalue weighted by atomic mass is 10.0. The number of carbonyl (C=O) groups excluding carboxylic acids is 2. The van der Waals surface area contributed by atoms with E-state index in [1.54, 1.807) is 55.5 Å². The summed E-state index contributed by atoms with van der Waals surface area (Å²) in [7, 11) is 2.92. The zero-order valence-corrected chi connectivity index (χ0v) is 19.3. The van der Waals surface area contributed by atoms with Crippen molar-refractivity contribution in [1.82, 2.24) is 0 Å². The molecule has 0 fully saturated rings. The molecule has 1 aromatic heterocycles. The molecule has 8 nitrogen and oxygen atoms in total. The molecule has 35 heavy (non-hydrogen) atoms. The van der Waals surface area contributed by atoms with Crippen LogP contribution >= 0.6 is 0 Å². The summed E-state index contributed by atoms with van der Waals surface area (Å²) in [6.45, 7) is 1.73. The minimum absolute atomic E-state index is 0.0205. The lowest BCUT2D eigenvalue weighted by molar-refractivity contribution is 0.0491. The Bertz CT molecular complexity index is 1470. The number of methoxy groups -OCH3 is 2. The van der Waals surface area contributed by atoms with E-state index in [2.05, 4.69) is 0 Å². The Morgan fingerprint density at radius 2 is 1.54 bits per heavy atom. The van der Waals surface area contributed by atoms with Gasteiger partial charge in [-0.3, -0.25) is 4.79 Å². The van der Waals surface area contributed by atoms with Gasteiger partial charge in [-0.1, -0.05) is 30.3 Å². The number of carbonyl (C=O) groups is 2. The SMILES string of the molecule is CCOC(=O)c1oc2cc(OC(=O)c3ccccc3OC)ccc2c(=O)c1-c1ccccc1OC. The van der Waals surface area contributed by atoms with Crippen molar-refractivity contribution < 1.29 is 33.0 Å². The number of fused-ring (bicyclic) bond motifs is 1. The summed E-state index contributed by atoms with van der Waals surface area (Å²) in [5.41, 5.74) is 0.242. The Hall–Kier alpha value is -4.59. The molecule has 0 saturated heterocycles. The van der Waals surface area contributed by atoms with Gasteiger partial charge in [-0.15, -0.1) is 0 Å². The van der Waals surface area contributed by atoms with Crippen LogP contribution in [0.2, 0.25) is 0 Å². The van der Waals surface area contributed by atoms with Gasteiger partial charge in [0, 0.05) is 11.6 Å². The van der Waals surface area contributed by atoms with E-state index in [1.807, 2.05) is 0 Å². The molecule has 0 unspecified atom stereocenters. The fourth-order valence-electron chi connectivity index (χ4n) is 3.65. The van der Waals surface area contributed by atoms with Gasteiger partial charge < -0.3 is 23.4 Å². The number of esters is 2. The van der Waals surface area contributed by atoms with E-state index in [0.29, 0.717) is 17.1 Å². The molecule has 0 radical (unpaired) electrons. The van der Waals surface area contributed by atoms with Crippen LogP contribution in [0.25, 0.3) is 22.1 Å². The van der Waals surface area contributed by atoms with E-state index >= 15 is 0 Å². The number of benzene rings is 3. The normalized spacial score (nSPS) is 10.6. The van der Waals surface area contributed by atoms with Crippen LogP contribution in [0.3, 0.4) is 0 Å². The number of ether oxygens (including phenoxy) is 4. The van der Waals surface area contributed by atoms with Gasteiger partial charge >= 0.3 is 11.9 Å². The van der Waals surface area contributed by atoms with Gasteiger partial charge in [0.2, 0.25) is 11.2 Å². The summed E-state index contributed by atoms with van der Waals surface area (Å²) in [4.78, 5) is 39.0. The Morgan fingerprint density at radius 3 is 2.26 bits per heavy atom. The molecule has 0 aliphatic heterocycles. The summed E-state index contributed by atoms with van der Waals surface area (Å²) in [5, 5.41) is 0.191. The molecular weight excluding hydrogens is 452 g/mol. The maximum atomic E-state index is 13.5. The Balaban J connectivity index is 1.84. The van der Waals surface area contributed by atoms with Crippen molar-refractivity contribution in [3.8, 4) is 28.4 Å². The van der Waals surface area contributed by atoms with Crippen molar-refractivity contribution in [2.45, 2.75) is 6.92 Å². The molecule has 4 aromatic rings. The first-order valence-electron chi connectivity index (χ1n) is 10.7. The van der Waals surface area contributed by atoms with E-state index in [-0.39, 0.29) is 40.2 Å². The second kappa shape index (κ2) is 10.1. The second-order valence-corrected chi connectivity index (χ2v) is 7.30. The van der Waals surface area contributed by atoms with E-state index in [0.717, 1.165) is 0 Å². The highest BCUT2D eigenvalue weighted by Crippen LogP contribution is 2.33. The van der Waals surface area contributed by atoms with Gasteiger partial charge in [-0.05, 0) is 37.3 Å². The number of hydrogen-bond acceptors (Lipinski definition) is 8. The third-order valence-electron chi connectivity index (χ3n) is 5.24. The summed E-state index contributed by atoms with van der Waals surface area (Å²) in [6.07, 6.45) is 0. The van der Waals surface area contributed by atoms with Crippen LogP contribution in [0.5, 0.6) is 17.2 Å². The van der Waals surface area contributed by atoms with Crippen LogP contribution in [0.4, 0.5) is 0 Å². The van der Waals surface area contributed by atoms with Crippen molar-refractivity contribution in [3.63, 3.8) is 0 Å². The van der Waals surface area contributed by atoms with Gasteiger partial charge in [-0.25, -0.2) is 9.59 Å². The first-order chi connectivity index (χ1) is 17.0. The maximum Gasteiger partial charge on any atom is 0.375 e. The average molecular weight is 474 g/mol. The number of hydrogen-bond donors (Lipinski definition) is 0. The van der Waals surface area contributed by atoms with E-state index < -0.39 is 17.4 Å². The Morgan fingerprint density at radius 1 is 0.857 bits per heavy atom. The first kappa shape index (κ1) is 23.6. The van der Waals surface area contributed by atoms with E-state index in [9.17, 15) is 14.4 Å². The standard InChI is InChI=1S/C27H22O8/c1-4-33-27(30)25-23(17-9-5-7-11-20(17)31-2)24(28)18-14-13-16(15-22(18)35-25)34-26(29)19-10-6-8-12-21(19)32-3/h5-15H,4H2,1-3H3. The average Bonchev–Trinajstić information content (AvgIpc) is 2.88. The quantitative estimate of drug-likeness (QED) is 0.276. The van der Waals surface area contributed by atoms with Crippen LogP contribution in [0.15, 0.2) is 75.9 Å². The molecule has 3 aromatic carbocycles. The lowest BCUT2D eigenvalue weighted by Gasteiger charge is -2.13. The van der Waals surface area contributed by atoms with Crippen LogP contribution in [-0.2, 0) is 4.74 Å². The van der Waals surface area contributed by atoms with Gasteiger partial charge in [0.15, 0.2) is 0 Å². The maximum absolute atomic E-state index is 13.5. The van der Waals surface area contributed by atoms with Crippen LogP contribution in [0.1, 0.15) is 27.8 Å². The predicted octanol–water partition coefficient (Wildman–Crippen LogP) is 4.87. The smallest absolute Gasteiger partial charge is 0.375 e. The summed E-state index contributed by atoms with van der Waals surface area (Å²) < 4.78 is 27.1. The molecule has 1 heterocycles. The van der Waals surface area contributed by atoms with Crippen LogP contribution in [-0.4, -0.2) is 32.8 Å². The minimum Gasteiger partial charge on any atom is -0.496 e. The zero-order valence-electron chi connectivity index (χ0n) is 19.3. The fraction of sp³-hybridized carbons (Fsp3) is 0.148. The molecule has 0 aliphatic rings. The van der Waals surface area contributed by atoms with Crippen molar-refractivity contribution in [2.75, 3.05) is 20.8 Å². The minimum atomic E-state index is -0.802. The van der Waals surface area contributed by atoms with Gasteiger partial charge in [-0.2, -0.15) is 0 Å². The van der Waals surface area contributed by atoms with Crippen molar-refractivity contribution in [2.24, 2.45) is 0 Å². The Kier molecular flexibility index (Phi) is 6.82. The van der Waals surface area contributed by atoms with Gasteiger partial charge in [0.25, 0.3) is 0 Å². The zero-order chi connectivity index (χ0) is 24.9. The van der Waals surface area contributed by atoms with Gasteiger partial charge in [0.1, 0.15) is 28.4 Å². The number of para-hydroxylation sites is 2. The van der Waals surface area contributed by atoms with Crippen LogP contribution < -0.4 is 19.6 Å². The fourth-order valence-corrected chi connectivity index (χ4v) is 3.65. The van der Waals surface area contributed by atoms with Crippen molar-refractivity contribution in [1.29, 1.82) is 0 Å². The molecule has 0 saturated carbocycles. The molecule has 0 N–H and O–H groups in total. The highest BCUT2D eigenvalue weighted by Gasteiger charge is 2.25. The molecule has 0 amide bonds. The summed E-state index contributed by atoms with van der Waals surface area (Å²) >= 11 is 0. The summed E-state index contributed by atoms with van der Waals surface area (Å²) in [5.74, 6) is -0.856. The largest absolute Gasteiger partial charge is 0.496 e. The summed E-state index contributed by atoms with van der Waals surface area (Å²) in [6, 6.07) is 17.7. The molecule has 0 aliphatic carbocycles. The second-order valence-electron chi connectivity index (χ2n) is 7.30. The first-order valence-corrected chi connectivity index (χ1v) is 10.7.